The first-order valence-corrected chi connectivity index (χ1v) is 6.42. The lowest BCUT2D eigenvalue weighted by atomic mass is 10.0. The van der Waals surface area contributed by atoms with E-state index in [1.54, 1.807) is 0 Å². The van der Waals surface area contributed by atoms with E-state index in [1.165, 1.54) is 0 Å². The highest BCUT2D eigenvalue weighted by molar-refractivity contribution is 5.94. The summed E-state index contributed by atoms with van der Waals surface area (Å²) >= 11 is 0. The fraction of sp³-hybridized carbons (Fsp3) is 0.462. The summed E-state index contributed by atoms with van der Waals surface area (Å²) in [4.78, 5) is 26.4. The van der Waals surface area contributed by atoms with Crippen LogP contribution in [0.15, 0.2) is 18.3 Å². The average Bonchev–Trinajstić information content (AvgIpc) is 2.86. The quantitative estimate of drug-likeness (QED) is 0.887. The third-order valence-corrected chi connectivity index (χ3v) is 3.51. The second kappa shape index (κ2) is 5.71. The van der Waals surface area contributed by atoms with Gasteiger partial charge in [0.25, 0.3) is 5.91 Å². The number of carbonyl (C=O) groups is 2. The normalized spacial score (nSPS) is 22.0. The number of aromatic nitrogens is 1. The molecule has 1 saturated carbocycles. The van der Waals surface area contributed by atoms with Gasteiger partial charge in [-0.1, -0.05) is 6.42 Å². The topological polar surface area (TPSA) is 85.1 Å². The first kappa shape index (κ1) is 15.3. The maximum Gasteiger partial charge on any atom is 0.433 e. The maximum absolute atomic E-state index is 12.4. The SMILES string of the molecule is NC(=O)[C@H]1CCC[C@H]1NC(=O)c1ccc(C(F)(F)F)nc1. The number of nitrogens with zero attached hydrogens (tertiary/aromatic N) is 1. The molecule has 1 aromatic rings. The van der Waals surface area contributed by atoms with Crippen LogP contribution in [0.5, 0.6) is 0 Å². The third-order valence-electron chi connectivity index (χ3n) is 3.51. The van der Waals surface area contributed by atoms with Crippen molar-refractivity contribution in [1.29, 1.82) is 0 Å². The standard InChI is InChI=1S/C13H14F3N3O2/c14-13(15,16)10-5-4-7(6-18-10)12(21)19-9-3-1-2-8(9)11(17)20/h4-6,8-9H,1-3H2,(H2,17,20)(H,19,21)/t8-,9+/m0/s1. The van der Waals surface area contributed by atoms with Crippen LogP contribution in [-0.4, -0.2) is 22.8 Å². The summed E-state index contributed by atoms with van der Waals surface area (Å²) in [5.74, 6) is -1.48. The van der Waals surface area contributed by atoms with Crippen molar-refractivity contribution in [3.8, 4) is 0 Å². The summed E-state index contributed by atoms with van der Waals surface area (Å²) in [7, 11) is 0. The highest BCUT2D eigenvalue weighted by Crippen LogP contribution is 2.28. The molecule has 1 heterocycles. The molecule has 0 saturated heterocycles. The molecule has 5 nitrogen and oxygen atoms in total. The van der Waals surface area contributed by atoms with Gasteiger partial charge in [0.05, 0.1) is 11.5 Å². The Balaban J connectivity index is 2.05. The molecule has 114 valence electrons. The molecule has 0 bridgehead atoms. The zero-order chi connectivity index (χ0) is 15.6. The molecule has 0 aliphatic heterocycles. The summed E-state index contributed by atoms with van der Waals surface area (Å²) < 4.78 is 37.1. The van der Waals surface area contributed by atoms with Crippen molar-refractivity contribution < 1.29 is 22.8 Å². The molecule has 2 atom stereocenters. The highest BCUT2D eigenvalue weighted by atomic mass is 19.4. The Kier molecular flexibility index (Phi) is 4.15. The third kappa shape index (κ3) is 3.50. The van der Waals surface area contributed by atoms with Gasteiger partial charge in [0.1, 0.15) is 5.69 Å². The van der Waals surface area contributed by atoms with Crippen molar-refractivity contribution in [2.24, 2.45) is 11.7 Å². The molecule has 2 rings (SSSR count). The number of hydrogen-bond donors (Lipinski definition) is 2. The Morgan fingerprint density at radius 3 is 2.52 bits per heavy atom. The van der Waals surface area contributed by atoms with Gasteiger partial charge >= 0.3 is 6.18 Å². The van der Waals surface area contributed by atoms with Gasteiger partial charge in [-0.3, -0.25) is 14.6 Å². The zero-order valence-corrected chi connectivity index (χ0v) is 11.0. The summed E-state index contributed by atoms with van der Waals surface area (Å²) in [5.41, 5.74) is 4.19. The van der Waals surface area contributed by atoms with E-state index < -0.39 is 29.6 Å². The lowest BCUT2D eigenvalue weighted by Crippen LogP contribution is -2.42. The smallest absolute Gasteiger partial charge is 0.369 e. The minimum absolute atomic E-state index is 0.0121. The fourth-order valence-corrected chi connectivity index (χ4v) is 2.42. The molecule has 8 heteroatoms. The van der Waals surface area contributed by atoms with Crippen LogP contribution in [-0.2, 0) is 11.0 Å². The zero-order valence-electron chi connectivity index (χ0n) is 11.0. The van der Waals surface area contributed by atoms with Crippen molar-refractivity contribution >= 4 is 11.8 Å². The predicted molar refractivity (Wildman–Crippen MR) is 67.0 cm³/mol. The van der Waals surface area contributed by atoms with Crippen LogP contribution in [0.2, 0.25) is 0 Å². The Bertz CT molecular complexity index is 543. The molecule has 1 aromatic heterocycles. The van der Waals surface area contributed by atoms with Gasteiger partial charge in [0.15, 0.2) is 0 Å². The summed E-state index contributed by atoms with van der Waals surface area (Å²) in [6.45, 7) is 0. The molecule has 21 heavy (non-hydrogen) atoms. The Labute approximate surface area is 118 Å². The second-order valence-electron chi connectivity index (χ2n) is 4.95. The predicted octanol–water partition coefficient (Wildman–Crippen LogP) is 1.48. The number of halogens is 3. The molecule has 0 radical (unpaired) electrons. The number of pyridine rings is 1. The molecule has 1 aliphatic carbocycles. The van der Waals surface area contributed by atoms with E-state index >= 15 is 0 Å². The van der Waals surface area contributed by atoms with Gasteiger partial charge in [0, 0.05) is 12.2 Å². The number of amides is 2. The number of carbonyl (C=O) groups excluding carboxylic acids is 2. The van der Waals surface area contributed by atoms with Crippen molar-refractivity contribution in [1.82, 2.24) is 10.3 Å². The van der Waals surface area contributed by atoms with Crippen LogP contribution in [0, 0.1) is 5.92 Å². The first-order chi connectivity index (χ1) is 9.79. The number of nitrogens with two attached hydrogens (primary N) is 1. The van der Waals surface area contributed by atoms with Gasteiger partial charge in [-0.2, -0.15) is 13.2 Å². The monoisotopic (exact) mass is 301 g/mol. The summed E-state index contributed by atoms with van der Waals surface area (Å²) in [6.07, 6.45) is -1.69. The average molecular weight is 301 g/mol. The van der Waals surface area contributed by atoms with Crippen LogP contribution >= 0.6 is 0 Å². The number of primary amides is 1. The van der Waals surface area contributed by atoms with E-state index in [-0.39, 0.29) is 11.6 Å². The van der Waals surface area contributed by atoms with E-state index in [4.69, 9.17) is 5.73 Å². The van der Waals surface area contributed by atoms with Gasteiger partial charge in [-0.25, -0.2) is 0 Å². The van der Waals surface area contributed by atoms with Crippen LogP contribution < -0.4 is 11.1 Å². The number of nitrogens with one attached hydrogen (secondary N) is 1. The Hall–Kier alpha value is -2.12. The maximum atomic E-state index is 12.4. The summed E-state index contributed by atoms with van der Waals surface area (Å²) in [6, 6.07) is 1.42. The van der Waals surface area contributed by atoms with Crippen molar-refractivity contribution in [3.05, 3.63) is 29.6 Å². The molecule has 2 amide bonds. The number of rotatable bonds is 3. The molecular formula is C13H14F3N3O2. The molecule has 1 aliphatic rings. The van der Waals surface area contributed by atoms with Gasteiger partial charge in [-0.15, -0.1) is 0 Å². The van der Waals surface area contributed by atoms with Gasteiger partial charge in [0.2, 0.25) is 5.91 Å². The highest BCUT2D eigenvalue weighted by Gasteiger charge is 2.34. The Morgan fingerprint density at radius 2 is 2.00 bits per heavy atom. The van der Waals surface area contributed by atoms with Crippen LogP contribution in [0.3, 0.4) is 0 Å². The first-order valence-electron chi connectivity index (χ1n) is 6.42. The van der Waals surface area contributed by atoms with Crippen LogP contribution in [0.4, 0.5) is 13.2 Å². The second-order valence-corrected chi connectivity index (χ2v) is 4.95. The van der Waals surface area contributed by atoms with E-state index in [2.05, 4.69) is 10.3 Å². The molecular weight excluding hydrogens is 287 g/mol. The molecule has 1 fully saturated rings. The van der Waals surface area contributed by atoms with Gasteiger partial charge < -0.3 is 11.1 Å². The number of alkyl halides is 3. The molecule has 3 N–H and O–H groups in total. The lowest BCUT2D eigenvalue weighted by Gasteiger charge is -2.18. The molecule has 0 spiro atoms. The van der Waals surface area contributed by atoms with E-state index in [9.17, 15) is 22.8 Å². The van der Waals surface area contributed by atoms with Crippen LogP contribution in [0.25, 0.3) is 0 Å². The fourth-order valence-electron chi connectivity index (χ4n) is 2.42. The van der Waals surface area contributed by atoms with Gasteiger partial charge in [-0.05, 0) is 25.0 Å². The lowest BCUT2D eigenvalue weighted by molar-refractivity contribution is -0.141. The molecule has 0 aromatic carbocycles. The van der Waals surface area contributed by atoms with E-state index in [1.807, 2.05) is 0 Å². The number of hydrogen-bond acceptors (Lipinski definition) is 3. The van der Waals surface area contributed by atoms with Crippen molar-refractivity contribution in [2.75, 3.05) is 0 Å². The summed E-state index contributed by atoms with van der Waals surface area (Å²) in [5, 5.41) is 2.62. The van der Waals surface area contributed by atoms with Crippen molar-refractivity contribution in [3.63, 3.8) is 0 Å². The minimum atomic E-state index is -4.54. The van der Waals surface area contributed by atoms with E-state index in [0.29, 0.717) is 12.8 Å². The largest absolute Gasteiger partial charge is 0.433 e. The van der Waals surface area contributed by atoms with Crippen molar-refractivity contribution in [2.45, 2.75) is 31.5 Å². The minimum Gasteiger partial charge on any atom is -0.369 e. The van der Waals surface area contributed by atoms with E-state index in [0.717, 1.165) is 24.8 Å². The Morgan fingerprint density at radius 1 is 1.29 bits per heavy atom. The molecule has 0 unspecified atom stereocenters. The van der Waals surface area contributed by atoms with Crippen LogP contribution in [0.1, 0.15) is 35.3 Å².